The first kappa shape index (κ1) is 12.2. The zero-order chi connectivity index (χ0) is 12.3. The standard InChI is InChI=1S/C13H18O4/c1-9(2)15-5-6-16-10-3-4-11-12(14)8-17-13(11)7-10/h3-4,7,9,12,14H,5-6,8H2,1-2H3. The van der Waals surface area contributed by atoms with E-state index >= 15 is 0 Å². The Morgan fingerprint density at radius 1 is 1.41 bits per heavy atom. The Balaban J connectivity index is 1.86. The molecule has 1 atom stereocenters. The van der Waals surface area contributed by atoms with Crippen molar-refractivity contribution in [2.45, 2.75) is 26.1 Å². The van der Waals surface area contributed by atoms with Crippen LogP contribution in [0.1, 0.15) is 25.5 Å². The highest BCUT2D eigenvalue weighted by atomic mass is 16.5. The molecule has 1 aromatic rings. The maximum atomic E-state index is 9.56. The van der Waals surface area contributed by atoms with Gasteiger partial charge in [0.25, 0.3) is 0 Å². The summed E-state index contributed by atoms with van der Waals surface area (Å²) in [6.45, 7) is 5.39. The first-order valence-corrected chi connectivity index (χ1v) is 5.86. The van der Waals surface area contributed by atoms with Gasteiger partial charge < -0.3 is 19.3 Å². The van der Waals surface area contributed by atoms with Gasteiger partial charge in [-0.15, -0.1) is 0 Å². The normalized spacial score (nSPS) is 18.0. The average Bonchev–Trinajstić information content (AvgIpc) is 2.66. The van der Waals surface area contributed by atoms with Gasteiger partial charge in [0.2, 0.25) is 0 Å². The Hall–Kier alpha value is -1.26. The molecule has 1 unspecified atom stereocenters. The molecular weight excluding hydrogens is 220 g/mol. The molecule has 0 amide bonds. The summed E-state index contributed by atoms with van der Waals surface area (Å²) in [5, 5.41) is 9.56. The fourth-order valence-corrected chi connectivity index (χ4v) is 1.71. The molecule has 0 aliphatic carbocycles. The van der Waals surface area contributed by atoms with Crippen molar-refractivity contribution in [2.24, 2.45) is 0 Å². The number of fused-ring (bicyclic) bond motifs is 1. The highest BCUT2D eigenvalue weighted by Crippen LogP contribution is 2.34. The van der Waals surface area contributed by atoms with E-state index < -0.39 is 6.10 Å². The van der Waals surface area contributed by atoms with Crippen molar-refractivity contribution in [2.75, 3.05) is 19.8 Å². The highest BCUT2D eigenvalue weighted by molar-refractivity contribution is 5.44. The van der Waals surface area contributed by atoms with Crippen LogP contribution in [0.3, 0.4) is 0 Å². The lowest BCUT2D eigenvalue weighted by molar-refractivity contribution is 0.0552. The SMILES string of the molecule is CC(C)OCCOc1ccc2c(c1)OCC2O. The van der Waals surface area contributed by atoms with E-state index in [1.54, 1.807) is 6.07 Å². The van der Waals surface area contributed by atoms with Crippen molar-refractivity contribution < 1.29 is 19.3 Å². The molecule has 17 heavy (non-hydrogen) atoms. The second-order valence-corrected chi connectivity index (χ2v) is 4.29. The highest BCUT2D eigenvalue weighted by Gasteiger charge is 2.21. The largest absolute Gasteiger partial charge is 0.491 e. The summed E-state index contributed by atoms with van der Waals surface area (Å²) in [5.41, 5.74) is 0.829. The fourth-order valence-electron chi connectivity index (χ4n) is 1.71. The zero-order valence-corrected chi connectivity index (χ0v) is 10.2. The van der Waals surface area contributed by atoms with E-state index in [1.165, 1.54) is 0 Å². The number of hydrogen-bond acceptors (Lipinski definition) is 4. The van der Waals surface area contributed by atoms with Crippen molar-refractivity contribution >= 4 is 0 Å². The third-order valence-corrected chi connectivity index (χ3v) is 2.54. The molecule has 1 heterocycles. The van der Waals surface area contributed by atoms with Gasteiger partial charge in [0, 0.05) is 11.6 Å². The zero-order valence-electron chi connectivity index (χ0n) is 10.2. The van der Waals surface area contributed by atoms with Crippen molar-refractivity contribution in [3.63, 3.8) is 0 Å². The monoisotopic (exact) mass is 238 g/mol. The van der Waals surface area contributed by atoms with Crippen LogP contribution < -0.4 is 9.47 Å². The number of aliphatic hydroxyl groups excluding tert-OH is 1. The molecule has 0 spiro atoms. The Labute approximate surface area is 101 Å². The molecule has 2 rings (SSSR count). The quantitative estimate of drug-likeness (QED) is 0.796. The summed E-state index contributed by atoms with van der Waals surface area (Å²) in [4.78, 5) is 0. The molecule has 0 fully saturated rings. The lowest BCUT2D eigenvalue weighted by Crippen LogP contribution is -2.11. The fraction of sp³-hybridized carbons (Fsp3) is 0.538. The van der Waals surface area contributed by atoms with E-state index in [2.05, 4.69) is 0 Å². The molecular formula is C13H18O4. The number of hydrogen-bond donors (Lipinski definition) is 1. The molecule has 0 bridgehead atoms. The molecule has 1 aliphatic rings. The lowest BCUT2D eigenvalue weighted by Gasteiger charge is -2.10. The molecule has 1 N–H and O–H groups in total. The van der Waals surface area contributed by atoms with E-state index in [0.717, 1.165) is 11.3 Å². The van der Waals surface area contributed by atoms with Crippen molar-refractivity contribution in [3.05, 3.63) is 23.8 Å². The van der Waals surface area contributed by atoms with E-state index in [1.807, 2.05) is 26.0 Å². The molecule has 0 saturated carbocycles. The van der Waals surface area contributed by atoms with Crippen LogP contribution in [0.2, 0.25) is 0 Å². The van der Waals surface area contributed by atoms with Gasteiger partial charge in [-0.05, 0) is 26.0 Å². The summed E-state index contributed by atoms with van der Waals surface area (Å²) < 4.78 is 16.2. The smallest absolute Gasteiger partial charge is 0.129 e. The molecule has 1 aliphatic heterocycles. The van der Waals surface area contributed by atoms with Crippen LogP contribution in [0.25, 0.3) is 0 Å². The first-order chi connectivity index (χ1) is 8.16. The molecule has 0 radical (unpaired) electrons. The number of ether oxygens (including phenoxy) is 3. The molecule has 0 saturated heterocycles. The van der Waals surface area contributed by atoms with Crippen molar-refractivity contribution in [3.8, 4) is 11.5 Å². The second-order valence-electron chi connectivity index (χ2n) is 4.29. The molecule has 1 aromatic carbocycles. The topological polar surface area (TPSA) is 47.9 Å². The summed E-state index contributed by atoms with van der Waals surface area (Å²) in [7, 11) is 0. The maximum absolute atomic E-state index is 9.56. The molecule has 94 valence electrons. The van der Waals surface area contributed by atoms with Gasteiger partial charge in [-0.1, -0.05) is 0 Å². The van der Waals surface area contributed by atoms with Gasteiger partial charge >= 0.3 is 0 Å². The van der Waals surface area contributed by atoms with E-state index in [-0.39, 0.29) is 6.10 Å². The summed E-state index contributed by atoms with van der Waals surface area (Å²) in [5.74, 6) is 1.45. The Bertz CT molecular complexity index is 376. The average molecular weight is 238 g/mol. The number of rotatable bonds is 5. The van der Waals surface area contributed by atoms with Gasteiger partial charge in [0.1, 0.15) is 30.8 Å². The van der Waals surface area contributed by atoms with Crippen LogP contribution in [0, 0.1) is 0 Å². The minimum absolute atomic E-state index is 0.220. The van der Waals surface area contributed by atoms with E-state index in [9.17, 15) is 5.11 Å². The molecule has 0 aromatic heterocycles. The minimum Gasteiger partial charge on any atom is -0.491 e. The van der Waals surface area contributed by atoms with Crippen molar-refractivity contribution in [1.82, 2.24) is 0 Å². The van der Waals surface area contributed by atoms with Gasteiger partial charge in [-0.25, -0.2) is 0 Å². The Morgan fingerprint density at radius 2 is 2.24 bits per heavy atom. The maximum Gasteiger partial charge on any atom is 0.129 e. The van der Waals surface area contributed by atoms with Crippen LogP contribution in [-0.4, -0.2) is 31.0 Å². The van der Waals surface area contributed by atoms with Crippen LogP contribution >= 0.6 is 0 Å². The van der Waals surface area contributed by atoms with Crippen LogP contribution in [-0.2, 0) is 4.74 Å². The minimum atomic E-state index is -0.511. The Morgan fingerprint density at radius 3 is 3.00 bits per heavy atom. The molecule has 4 heteroatoms. The second kappa shape index (κ2) is 5.38. The van der Waals surface area contributed by atoms with E-state index in [4.69, 9.17) is 14.2 Å². The summed E-state index contributed by atoms with van der Waals surface area (Å²) >= 11 is 0. The van der Waals surface area contributed by atoms with Crippen LogP contribution in [0.15, 0.2) is 18.2 Å². The Kier molecular flexibility index (Phi) is 3.86. The lowest BCUT2D eigenvalue weighted by atomic mass is 10.1. The van der Waals surface area contributed by atoms with E-state index in [0.29, 0.717) is 25.6 Å². The third kappa shape index (κ3) is 3.11. The van der Waals surface area contributed by atoms with Gasteiger partial charge in [0.05, 0.1) is 12.7 Å². The predicted octanol–water partition coefficient (Wildman–Crippen LogP) is 1.92. The number of aliphatic hydroxyl groups is 1. The van der Waals surface area contributed by atoms with Crippen LogP contribution in [0.5, 0.6) is 11.5 Å². The predicted molar refractivity (Wildman–Crippen MR) is 63.5 cm³/mol. The third-order valence-electron chi connectivity index (χ3n) is 2.54. The van der Waals surface area contributed by atoms with Crippen LogP contribution in [0.4, 0.5) is 0 Å². The van der Waals surface area contributed by atoms with Gasteiger partial charge in [-0.3, -0.25) is 0 Å². The van der Waals surface area contributed by atoms with Gasteiger partial charge in [-0.2, -0.15) is 0 Å². The van der Waals surface area contributed by atoms with Crippen molar-refractivity contribution in [1.29, 1.82) is 0 Å². The summed E-state index contributed by atoms with van der Waals surface area (Å²) in [6.07, 6.45) is -0.291. The summed E-state index contributed by atoms with van der Waals surface area (Å²) in [6, 6.07) is 5.48. The molecule has 4 nitrogen and oxygen atoms in total. The number of benzene rings is 1. The first-order valence-electron chi connectivity index (χ1n) is 5.86. The van der Waals surface area contributed by atoms with Gasteiger partial charge in [0.15, 0.2) is 0 Å².